The van der Waals surface area contributed by atoms with E-state index in [4.69, 9.17) is 14.7 Å². The minimum Gasteiger partial charge on any atom is -0.591 e. The van der Waals surface area contributed by atoms with Gasteiger partial charge >= 0.3 is 5.97 Å². The molecule has 3 N–H and O–H groups in total. The number of esters is 1. The zero-order valence-electron chi connectivity index (χ0n) is 23.5. The molecule has 3 aromatic rings. The zero-order valence-corrected chi connectivity index (χ0v) is 24.3. The van der Waals surface area contributed by atoms with Crippen molar-refractivity contribution in [1.29, 1.82) is 0 Å². The molecule has 0 aromatic heterocycles. The van der Waals surface area contributed by atoms with Gasteiger partial charge in [-0.2, -0.15) is 0 Å². The van der Waals surface area contributed by atoms with Gasteiger partial charge in [-0.15, -0.1) is 0 Å². The van der Waals surface area contributed by atoms with Crippen molar-refractivity contribution in [2.75, 3.05) is 58.1 Å². The zero-order chi connectivity index (χ0) is 29.5. The molecule has 1 atom stereocenters. The number of hydrogen-bond donors (Lipinski definition) is 3. The van der Waals surface area contributed by atoms with Crippen LogP contribution in [0.1, 0.15) is 27.0 Å². The lowest BCUT2D eigenvalue weighted by Gasteiger charge is -2.21. The third kappa shape index (κ3) is 7.14. The fraction of sp³-hybridized carbons (Fsp3) is 0.267. The molecule has 4 rings (SSSR count). The number of likely N-dealkylation sites (N-methyl/N-ethyl adjacent to an activating group) is 1. The smallest absolute Gasteiger partial charge is 0.338 e. The van der Waals surface area contributed by atoms with E-state index in [0.717, 1.165) is 5.56 Å². The summed E-state index contributed by atoms with van der Waals surface area (Å²) in [6, 6.07) is 20.0. The number of aryl methyl sites for hydroxylation is 1. The highest BCUT2D eigenvalue weighted by Crippen LogP contribution is 2.39. The average molecular weight is 579 g/mol. The summed E-state index contributed by atoms with van der Waals surface area (Å²) in [6.45, 7) is 3.32. The Labute approximate surface area is 242 Å². The van der Waals surface area contributed by atoms with Crippen LogP contribution in [0.3, 0.4) is 0 Å². The fourth-order valence-electron chi connectivity index (χ4n) is 4.39. The Balaban J connectivity index is 1.60. The summed E-state index contributed by atoms with van der Waals surface area (Å²) in [5.41, 5.74) is 4.80. The molecule has 3 aromatic carbocycles. The van der Waals surface area contributed by atoms with Crippen LogP contribution < -0.4 is 10.6 Å². The van der Waals surface area contributed by atoms with E-state index in [0.29, 0.717) is 63.9 Å². The van der Waals surface area contributed by atoms with Crippen LogP contribution in [-0.2, 0) is 25.7 Å². The van der Waals surface area contributed by atoms with Crippen molar-refractivity contribution in [2.45, 2.75) is 11.8 Å². The van der Waals surface area contributed by atoms with Gasteiger partial charge in [0.15, 0.2) is 4.90 Å². The van der Waals surface area contributed by atoms with E-state index in [1.54, 1.807) is 44.3 Å². The van der Waals surface area contributed by atoms with Gasteiger partial charge in [0.1, 0.15) is 11.4 Å². The Hall–Kier alpha value is -3.71. The Morgan fingerprint density at radius 3 is 2.44 bits per heavy atom. The molecule has 216 valence electrons. The van der Waals surface area contributed by atoms with Crippen molar-refractivity contribution in [3.63, 3.8) is 0 Å². The molecule has 0 fully saturated rings. The number of rotatable bonds is 12. The number of methoxy groups -OCH3 is 1. The van der Waals surface area contributed by atoms with E-state index in [1.807, 2.05) is 48.3 Å². The molecule has 1 amide bonds. The van der Waals surface area contributed by atoms with Gasteiger partial charge in [0.2, 0.25) is 0 Å². The van der Waals surface area contributed by atoms with Crippen LogP contribution in [0.25, 0.3) is 11.3 Å². The van der Waals surface area contributed by atoms with Gasteiger partial charge in [-0.05, 0) is 66.0 Å². The number of amides is 1. The Morgan fingerprint density at radius 2 is 1.78 bits per heavy atom. The molecule has 0 spiro atoms. The van der Waals surface area contributed by atoms with Crippen LogP contribution >= 0.6 is 0 Å². The number of nitrogens with zero attached hydrogens (tertiary/aromatic N) is 2. The number of fused-ring (bicyclic) bond motifs is 1. The molecule has 10 nitrogen and oxygen atoms in total. The van der Waals surface area contributed by atoms with E-state index in [-0.39, 0.29) is 12.5 Å². The molecule has 0 radical (unpaired) electrons. The molecule has 0 bridgehead atoms. The second-order valence-corrected chi connectivity index (χ2v) is 11.0. The Bertz CT molecular complexity index is 1410. The number of nitrogens with one attached hydrogen (secondary N) is 2. The van der Waals surface area contributed by atoms with Crippen LogP contribution in [0.5, 0.6) is 0 Å². The van der Waals surface area contributed by atoms with Gasteiger partial charge in [-0.3, -0.25) is 9.63 Å². The van der Waals surface area contributed by atoms with E-state index in [2.05, 4.69) is 10.6 Å². The number of carbonyl (C=O) groups is 2. The number of carbonyl (C=O) groups excluding carboxylic acids is 2. The first-order valence-electron chi connectivity index (χ1n) is 13.0. The van der Waals surface area contributed by atoms with Gasteiger partial charge in [0, 0.05) is 24.3 Å². The monoisotopic (exact) mass is 578 g/mol. The summed E-state index contributed by atoms with van der Waals surface area (Å²) in [6.07, 6.45) is 0. The lowest BCUT2D eigenvalue weighted by atomic mass is 9.96. The number of anilines is 2. The van der Waals surface area contributed by atoms with Gasteiger partial charge in [0.25, 0.3) is 5.91 Å². The molecule has 1 heterocycles. The first kappa shape index (κ1) is 30.3. The molecule has 0 aliphatic carbocycles. The van der Waals surface area contributed by atoms with Crippen LogP contribution in [0, 0.1) is 6.92 Å². The molecule has 0 saturated carbocycles. The van der Waals surface area contributed by atoms with Crippen molar-refractivity contribution in [1.82, 2.24) is 9.37 Å². The van der Waals surface area contributed by atoms with Crippen molar-refractivity contribution >= 4 is 45.9 Å². The first-order valence-corrected chi connectivity index (χ1v) is 14.1. The summed E-state index contributed by atoms with van der Waals surface area (Å²) in [7, 11) is 4.80. The number of aliphatic hydroxyl groups is 1. The Morgan fingerprint density at radius 1 is 1.07 bits per heavy atom. The summed E-state index contributed by atoms with van der Waals surface area (Å²) in [4.78, 5) is 33.5. The molecule has 11 heteroatoms. The number of ether oxygens (including phenoxy) is 1. The maximum atomic E-state index is 13.3. The third-order valence-corrected chi connectivity index (χ3v) is 7.86. The van der Waals surface area contributed by atoms with E-state index >= 15 is 0 Å². The fourth-order valence-corrected chi connectivity index (χ4v) is 5.23. The standard InChI is InChI=1S/C30H34N4O6S/c1-20-18-25-26(19-24(20)30(37)39-4)32-29(36)27(25)28(21-8-6-5-7-9-21)31-22-10-12-23(13-11-22)41(38)34(3)40-17-15-33(2)14-16-35/h5-13,18-19,31,35H,14-17H2,1-4H3,(H,32,36)/b28-27-. The molecule has 41 heavy (non-hydrogen) atoms. The van der Waals surface area contributed by atoms with Gasteiger partial charge in [-0.1, -0.05) is 30.3 Å². The average Bonchev–Trinajstić information content (AvgIpc) is 3.29. The first-order chi connectivity index (χ1) is 19.7. The van der Waals surface area contributed by atoms with Crippen LogP contribution in [0.2, 0.25) is 0 Å². The second kappa shape index (κ2) is 13.8. The van der Waals surface area contributed by atoms with E-state index in [9.17, 15) is 14.1 Å². The lowest BCUT2D eigenvalue weighted by Crippen LogP contribution is -2.32. The molecular weight excluding hydrogens is 544 g/mol. The molecule has 0 saturated heterocycles. The molecule has 1 unspecified atom stereocenters. The van der Waals surface area contributed by atoms with Crippen LogP contribution in [0.15, 0.2) is 71.6 Å². The topological polar surface area (TPSA) is 126 Å². The predicted octanol–water partition coefficient (Wildman–Crippen LogP) is 3.52. The van der Waals surface area contributed by atoms with Gasteiger partial charge in [0.05, 0.1) is 49.9 Å². The highest BCUT2D eigenvalue weighted by atomic mass is 32.2. The summed E-state index contributed by atoms with van der Waals surface area (Å²) in [5.74, 6) is -0.769. The molecule has 1 aliphatic rings. The quantitative estimate of drug-likeness (QED) is 0.128. The third-order valence-electron chi connectivity index (χ3n) is 6.61. The van der Waals surface area contributed by atoms with Gasteiger partial charge < -0.3 is 29.9 Å². The molecular formula is C30H34N4O6S. The van der Waals surface area contributed by atoms with E-state index < -0.39 is 17.3 Å². The largest absolute Gasteiger partial charge is 0.591 e. The van der Waals surface area contributed by atoms with Crippen molar-refractivity contribution in [2.24, 2.45) is 0 Å². The van der Waals surface area contributed by atoms with E-state index in [1.165, 1.54) is 11.6 Å². The van der Waals surface area contributed by atoms with Gasteiger partial charge in [-0.25, -0.2) is 4.79 Å². The van der Waals surface area contributed by atoms with Crippen LogP contribution in [0.4, 0.5) is 11.4 Å². The number of aliphatic hydroxyl groups excluding tert-OH is 1. The maximum absolute atomic E-state index is 13.3. The SMILES string of the molecule is COC(=O)c1cc2c(cc1C)/C(=C(/Nc1ccc([S+]([O-])N(C)OCCN(C)CCO)cc1)c1ccccc1)C(=O)N2. The van der Waals surface area contributed by atoms with Crippen LogP contribution in [-0.4, -0.2) is 78.4 Å². The number of hydroxylamine groups is 1. The highest BCUT2D eigenvalue weighted by molar-refractivity contribution is 7.89. The molecule has 1 aliphatic heterocycles. The summed E-state index contributed by atoms with van der Waals surface area (Å²) >= 11 is -1.55. The maximum Gasteiger partial charge on any atom is 0.338 e. The highest BCUT2D eigenvalue weighted by Gasteiger charge is 2.30. The van der Waals surface area contributed by atoms with Crippen molar-refractivity contribution in [3.05, 3.63) is 89.0 Å². The minimum absolute atomic E-state index is 0.0640. The number of hydrogen-bond acceptors (Lipinski definition) is 9. The number of benzene rings is 3. The second-order valence-electron chi connectivity index (χ2n) is 9.47. The van der Waals surface area contributed by atoms with Crippen molar-refractivity contribution < 1.29 is 28.8 Å². The predicted molar refractivity (Wildman–Crippen MR) is 159 cm³/mol. The van der Waals surface area contributed by atoms with Crippen molar-refractivity contribution in [3.8, 4) is 0 Å². The summed E-state index contributed by atoms with van der Waals surface area (Å²) in [5, 5.41) is 15.3. The summed E-state index contributed by atoms with van der Waals surface area (Å²) < 4.78 is 19.2. The normalized spacial score (nSPS) is 14.6. The lowest BCUT2D eigenvalue weighted by molar-refractivity contribution is -0.110. The minimum atomic E-state index is -1.55. The Kier molecular flexibility index (Phi) is 10.2.